The zero-order valence-electron chi connectivity index (χ0n) is 7.56. The topological polar surface area (TPSA) is 63.3 Å². The SMILES string of the molecule is CCC(N)CC.O=C(O)C(F)(F)F. The first-order chi connectivity index (χ1) is 5.75. The molecule has 0 aliphatic heterocycles. The van der Waals surface area contributed by atoms with E-state index in [4.69, 9.17) is 15.6 Å². The van der Waals surface area contributed by atoms with Crippen molar-refractivity contribution in [1.29, 1.82) is 0 Å². The average Bonchev–Trinajstić information content (AvgIpc) is 2.02. The monoisotopic (exact) mass is 201 g/mol. The number of hydrogen-bond donors (Lipinski definition) is 2. The third-order valence-corrected chi connectivity index (χ3v) is 1.29. The van der Waals surface area contributed by atoms with Gasteiger partial charge in [-0.15, -0.1) is 0 Å². The predicted octanol–water partition coefficient (Wildman–Crippen LogP) is 1.77. The lowest BCUT2D eigenvalue weighted by atomic mass is 10.2. The van der Waals surface area contributed by atoms with Crippen molar-refractivity contribution in [1.82, 2.24) is 0 Å². The quantitative estimate of drug-likeness (QED) is 0.715. The van der Waals surface area contributed by atoms with Gasteiger partial charge in [-0.2, -0.15) is 13.2 Å². The molecular weight excluding hydrogens is 187 g/mol. The van der Waals surface area contributed by atoms with Crippen LogP contribution in [0, 0.1) is 0 Å². The Morgan fingerprint density at radius 3 is 1.62 bits per heavy atom. The maximum atomic E-state index is 10.6. The number of aliphatic carboxylic acids is 1. The summed E-state index contributed by atoms with van der Waals surface area (Å²) in [6.07, 6.45) is -2.87. The molecule has 0 aliphatic carbocycles. The van der Waals surface area contributed by atoms with E-state index in [0.29, 0.717) is 6.04 Å². The third-order valence-electron chi connectivity index (χ3n) is 1.29. The molecule has 0 aromatic heterocycles. The molecule has 0 heterocycles. The van der Waals surface area contributed by atoms with Gasteiger partial charge in [0.2, 0.25) is 0 Å². The van der Waals surface area contributed by atoms with Gasteiger partial charge in [-0.1, -0.05) is 13.8 Å². The normalized spacial score (nSPS) is 10.7. The lowest BCUT2D eigenvalue weighted by Gasteiger charge is -1.99. The second-order valence-electron chi connectivity index (χ2n) is 2.38. The molecule has 0 unspecified atom stereocenters. The molecule has 0 bridgehead atoms. The fraction of sp³-hybridized carbons (Fsp3) is 0.857. The van der Waals surface area contributed by atoms with E-state index < -0.39 is 12.1 Å². The molecule has 0 saturated carbocycles. The van der Waals surface area contributed by atoms with Crippen LogP contribution in [0.4, 0.5) is 13.2 Å². The summed E-state index contributed by atoms with van der Waals surface area (Å²) >= 11 is 0. The van der Waals surface area contributed by atoms with Gasteiger partial charge >= 0.3 is 12.1 Å². The van der Waals surface area contributed by atoms with Crippen molar-refractivity contribution in [2.24, 2.45) is 5.73 Å². The van der Waals surface area contributed by atoms with Gasteiger partial charge in [0.15, 0.2) is 0 Å². The van der Waals surface area contributed by atoms with E-state index in [0.717, 1.165) is 12.8 Å². The van der Waals surface area contributed by atoms with Crippen molar-refractivity contribution >= 4 is 5.97 Å². The van der Waals surface area contributed by atoms with Crippen molar-refractivity contribution in [3.8, 4) is 0 Å². The Labute approximate surface area is 74.7 Å². The summed E-state index contributed by atoms with van der Waals surface area (Å²) in [6, 6.07) is 0.435. The van der Waals surface area contributed by atoms with Crippen LogP contribution in [0.2, 0.25) is 0 Å². The lowest BCUT2D eigenvalue weighted by Crippen LogP contribution is -2.21. The molecular formula is C7H14F3NO2. The Bertz CT molecular complexity index is 143. The Morgan fingerprint density at radius 1 is 1.38 bits per heavy atom. The molecule has 0 fully saturated rings. The fourth-order valence-corrected chi connectivity index (χ4v) is 0.289. The molecule has 0 rings (SSSR count). The van der Waals surface area contributed by atoms with E-state index in [9.17, 15) is 13.2 Å². The number of carboxylic acids is 1. The molecule has 0 aromatic carbocycles. The summed E-state index contributed by atoms with van der Waals surface area (Å²) in [5.41, 5.74) is 5.47. The van der Waals surface area contributed by atoms with E-state index in [1.807, 2.05) is 0 Å². The summed E-state index contributed by atoms with van der Waals surface area (Å²) in [7, 11) is 0. The highest BCUT2D eigenvalue weighted by molar-refractivity contribution is 5.73. The van der Waals surface area contributed by atoms with Gasteiger partial charge in [0.25, 0.3) is 0 Å². The molecule has 0 aromatic rings. The molecule has 0 spiro atoms. The molecule has 0 atom stereocenters. The second kappa shape index (κ2) is 6.71. The van der Waals surface area contributed by atoms with Crippen LogP contribution in [0.5, 0.6) is 0 Å². The number of carboxylic acid groups (broad SMARTS) is 1. The van der Waals surface area contributed by atoms with Gasteiger partial charge < -0.3 is 10.8 Å². The zero-order valence-corrected chi connectivity index (χ0v) is 7.56. The van der Waals surface area contributed by atoms with Crippen LogP contribution >= 0.6 is 0 Å². The molecule has 80 valence electrons. The van der Waals surface area contributed by atoms with Crippen molar-refractivity contribution in [2.45, 2.75) is 38.9 Å². The summed E-state index contributed by atoms with van der Waals surface area (Å²) in [5.74, 6) is -2.76. The number of rotatable bonds is 2. The third kappa shape index (κ3) is 11.2. The number of halogens is 3. The minimum atomic E-state index is -5.08. The fourth-order valence-electron chi connectivity index (χ4n) is 0.289. The van der Waals surface area contributed by atoms with E-state index >= 15 is 0 Å². The van der Waals surface area contributed by atoms with Crippen LogP contribution in [0.1, 0.15) is 26.7 Å². The number of nitrogens with two attached hydrogens (primary N) is 1. The van der Waals surface area contributed by atoms with Crippen molar-refractivity contribution in [3.63, 3.8) is 0 Å². The standard InChI is InChI=1S/C5H13N.C2HF3O2/c1-3-5(6)4-2;3-2(4,5)1(6)7/h5H,3-4,6H2,1-2H3;(H,6,7). The van der Waals surface area contributed by atoms with Gasteiger partial charge in [0.05, 0.1) is 0 Å². The molecule has 3 N–H and O–H groups in total. The highest BCUT2D eigenvalue weighted by Gasteiger charge is 2.38. The second-order valence-corrected chi connectivity index (χ2v) is 2.38. The van der Waals surface area contributed by atoms with Gasteiger partial charge in [-0.05, 0) is 12.8 Å². The summed E-state index contributed by atoms with van der Waals surface area (Å²) in [6.45, 7) is 4.21. The molecule has 3 nitrogen and oxygen atoms in total. The van der Waals surface area contributed by atoms with E-state index in [1.165, 1.54) is 0 Å². The van der Waals surface area contributed by atoms with Gasteiger partial charge in [0, 0.05) is 6.04 Å². The Hall–Kier alpha value is -0.780. The minimum Gasteiger partial charge on any atom is -0.475 e. The van der Waals surface area contributed by atoms with E-state index in [2.05, 4.69) is 13.8 Å². The first-order valence-electron chi connectivity index (χ1n) is 3.81. The van der Waals surface area contributed by atoms with Crippen LogP contribution in [0.25, 0.3) is 0 Å². The van der Waals surface area contributed by atoms with Crippen molar-refractivity contribution < 1.29 is 23.1 Å². The molecule has 6 heteroatoms. The summed E-state index contributed by atoms with van der Waals surface area (Å²) < 4.78 is 31.7. The molecule has 0 amide bonds. The van der Waals surface area contributed by atoms with E-state index in [1.54, 1.807) is 0 Å². The zero-order chi connectivity index (χ0) is 11.1. The number of hydrogen-bond acceptors (Lipinski definition) is 2. The number of carbonyl (C=O) groups is 1. The van der Waals surface area contributed by atoms with Crippen molar-refractivity contribution in [2.75, 3.05) is 0 Å². The Morgan fingerprint density at radius 2 is 1.62 bits per heavy atom. The number of alkyl halides is 3. The Kier molecular flexibility index (Phi) is 7.60. The largest absolute Gasteiger partial charge is 0.490 e. The van der Waals surface area contributed by atoms with Crippen LogP contribution in [-0.4, -0.2) is 23.3 Å². The van der Waals surface area contributed by atoms with Gasteiger partial charge in [-0.25, -0.2) is 4.79 Å². The van der Waals surface area contributed by atoms with Gasteiger partial charge in [0.1, 0.15) is 0 Å². The highest BCUT2D eigenvalue weighted by atomic mass is 19.4. The molecule has 13 heavy (non-hydrogen) atoms. The van der Waals surface area contributed by atoms with Crippen LogP contribution in [-0.2, 0) is 4.79 Å². The van der Waals surface area contributed by atoms with Gasteiger partial charge in [-0.3, -0.25) is 0 Å². The van der Waals surface area contributed by atoms with Crippen LogP contribution in [0.15, 0.2) is 0 Å². The van der Waals surface area contributed by atoms with Crippen LogP contribution < -0.4 is 5.73 Å². The molecule has 0 aliphatic rings. The average molecular weight is 201 g/mol. The highest BCUT2D eigenvalue weighted by Crippen LogP contribution is 2.13. The maximum absolute atomic E-state index is 10.6. The first kappa shape index (κ1) is 14.7. The van der Waals surface area contributed by atoms with E-state index in [-0.39, 0.29) is 0 Å². The maximum Gasteiger partial charge on any atom is 0.490 e. The predicted molar refractivity (Wildman–Crippen MR) is 42.2 cm³/mol. The minimum absolute atomic E-state index is 0.435. The smallest absolute Gasteiger partial charge is 0.475 e. The lowest BCUT2D eigenvalue weighted by molar-refractivity contribution is -0.192. The summed E-state index contributed by atoms with van der Waals surface area (Å²) in [5, 5.41) is 7.12. The Balaban J connectivity index is 0. The molecule has 0 radical (unpaired) electrons. The van der Waals surface area contributed by atoms with Crippen molar-refractivity contribution in [3.05, 3.63) is 0 Å². The molecule has 0 saturated heterocycles. The summed E-state index contributed by atoms with van der Waals surface area (Å²) in [4.78, 5) is 8.90. The first-order valence-corrected chi connectivity index (χ1v) is 3.81. The van der Waals surface area contributed by atoms with Crippen LogP contribution in [0.3, 0.4) is 0 Å².